The summed E-state index contributed by atoms with van der Waals surface area (Å²) in [4.78, 5) is 31.9. The number of anilines is 2. The first kappa shape index (κ1) is 27.3. The smallest absolute Gasteiger partial charge is 0.324 e. The number of para-hydroxylation sites is 2. The first-order chi connectivity index (χ1) is 19.7. The Morgan fingerprint density at radius 3 is 1.75 bits per heavy atom. The van der Waals surface area contributed by atoms with Crippen molar-refractivity contribution < 1.29 is 14.3 Å². The van der Waals surface area contributed by atoms with E-state index in [1.54, 1.807) is 0 Å². The minimum absolute atomic E-state index is 0.0559. The SMILES string of the molecule is CCOC(=O)C1CN(C(C(=O)N(c2ccccc2)c2ccccc2)C(c2ccccc2)c2ccccc2)CCN1. The molecule has 0 aromatic heterocycles. The lowest BCUT2D eigenvalue weighted by Crippen LogP contribution is -2.61. The van der Waals surface area contributed by atoms with E-state index in [9.17, 15) is 4.79 Å². The van der Waals surface area contributed by atoms with E-state index < -0.39 is 12.1 Å². The van der Waals surface area contributed by atoms with Gasteiger partial charge in [0, 0.05) is 36.9 Å². The summed E-state index contributed by atoms with van der Waals surface area (Å²) in [6, 6.07) is 38.8. The number of carbonyl (C=O) groups excluding carboxylic acids is 2. The Hall–Kier alpha value is -4.26. The average molecular weight is 534 g/mol. The van der Waals surface area contributed by atoms with Crippen LogP contribution in [0.3, 0.4) is 0 Å². The van der Waals surface area contributed by atoms with Gasteiger partial charge in [-0.1, -0.05) is 97.1 Å². The number of hydrogen-bond donors (Lipinski definition) is 1. The minimum Gasteiger partial charge on any atom is -0.465 e. The second-order valence-corrected chi connectivity index (χ2v) is 9.84. The second-order valence-electron chi connectivity index (χ2n) is 9.84. The van der Waals surface area contributed by atoms with Gasteiger partial charge in [-0.05, 0) is 42.3 Å². The summed E-state index contributed by atoms with van der Waals surface area (Å²) in [7, 11) is 0. The molecule has 0 saturated carbocycles. The molecule has 204 valence electrons. The van der Waals surface area contributed by atoms with Gasteiger partial charge in [0.1, 0.15) is 12.1 Å². The number of esters is 1. The normalized spacial score (nSPS) is 16.3. The summed E-state index contributed by atoms with van der Waals surface area (Å²) in [6.45, 7) is 3.66. The largest absolute Gasteiger partial charge is 0.465 e. The lowest BCUT2D eigenvalue weighted by Gasteiger charge is -2.42. The van der Waals surface area contributed by atoms with Crippen LogP contribution in [0.2, 0.25) is 0 Å². The van der Waals surface area contributed by atoms with Gasteiger partial charge < -0.3 is 10.1 Å². The molecule has 6 nitrogen and oxygen atoms in total. The number of benzene rings is 4. The third-order valence-electron chi connectivity index (χ3n) is 7.31. The summed E-state index contributed by atoms with van der Waals surface area (Å²) >= 11 is 0. The molecular formula is C34H35N3O3. The van der Waals surface area contributed by atoms with Gasteiger partial charge in [-0.15, -0.1) is 0 Å². The molecule has 5 rings (SSSR count). The Bertz CT molecular complexity index is 1290. The number of ether oxygens (including phenoxy) is 1. The molecular weight excluding hydrogens is 498 g/mol. The van der Waals surface area contributed by atoms with Crippen molar-refractivity contribution in [1.82, 2.24) is 10.2 Å². The number of piperazine rings is 1. The van der Waals surface area contributed by atoms with Crippen molar-refractivity contribution in [3.8, 4) is 0 Å². The summed E-state index contributed by atoms with van der Waals surface area (Å²) in [5, 5.41) is 3.30. The Kier molecular flexibility index (Phi) is 9.01. The maximum atomic E-state index is 15.1. The maximum absolute atomic E-state index is 15.1. The summed E-state index contributed by atoms with van der Waals surface area (Å²) in [6.07, 6.45) is 0. The van der Waals surface area contributed by atoms with Gasteiger partial charge in [-0.25, -0.2) is 0 Å². The van der Waals surface area contributed by atoms with Crippen molar-refractivity contribution in [2.24, 2.45) is 0 Å². The maximum Gasteiger partial charge on any atom is 0.324 e. The van der Waals surface area contributed by atoms with Crippen LogP contribution < -0.4 is 10.2 Å². The Morgan fingerprint density at radius 2 is 1.27 bits per heavy atom. The van der Waals surface area contributed by atoms with Crippen molar-refractivity contribution in [3.63, 3.8) is 0 Å². The van der Waals surface area contributed by atoms with E-state index >= 15 is 4.79 Å². The van der Waals surface area contributed by atoms with Gasteiger partial charge in [0.15, 0.2) is 0 Å². The zero-order chi connectivity index (χ0) is 27.7. The van der Waals surface area contributed by atoms with Gasteiger partial charge in [-0.3, -0.25) is 19.4 Å². The molecule has 1 N–H and O–H groups in total. The van der Waals surface area contributed by atoms with E-state index in [4.69, 9.17) is 4.74 Å². The van der Waals surface area contributed by atoms with Gasteiger partial charge >= 0.3 is 5.97 Å². The van der Waals surface area contributed by atoms with Crippen LogP contribution in [0.4, 0.5) is 11.4 Å². The predicted molar refractivity (Wildman–Crippen MR) is 159 cm³/mol. The van der Waals surface area contributed by atoms with Crippen LogP contribution in [0, 0.1) is 0 Å². The number of nitrogens with one attached hydrogen (secondary N) is 1. The van der Waals surface area contributed by atoms with Gasteiger partial charge in [0.05, 0.1) is 6.61 Å². The van der Waals surface area contributed by atoms with E-state index in [1.807, 2.05) is 109 Å². The fraction of sp³-hybridized carbons (Fsp3) is 0.235. The molecule has 1 aliphatic heterocycles. The highest BCUT2D eigenvalue weighted by Gasteiger charge is 2.42. The van der Waals surface area contributed by atoms with Crippen LogP contribution in [0.15, 0.2) is 121 Å². The van der Waals surface area contributed by atoms with Crippen LogP contribution in [-0.2, 0) is 14.3 Å². The molecule has 1 saturated heterocycles. The monoisotopic (exact) mass is 533 g/mol. The molecule has 40 heavy (non-hydrogen) atoms. The minimum atomic E-state index is -0.593. The van der Waals surface area contributed by atoms with Gasteiger partial charge in [-0.2, -0.15) is 0 Å². The van der Waals surface area contributed by atoms with Crippen molar-refractivity contribution in [2.75, 3.05) is 31.1 Å². The fourth-order valence-corrected chi connectivity index (χ4v) is 5.50. The lowest BCUT2D eigenvalue weighted by atomic mass is 9.82. The third-order valence-corrected chi connectivity index (χ3v) is 7.31. The number of nitrogens with zero attached hydrogens (tertiary/aromatic N) is 2. The van der Waals surface area contributed by atoms with Gasteiger partial charge in [0.2, 0.25) is 5.91 Å². The number of carbonyl (C=O) groups is 2. The first-order valence-corrected chi connectivity index (χ1v) is 13.9. The molecule has 1 fully saturated rings. The summed E-state index contributed by atoms with van der Waals surface area (Å²) < 4.78 is 5.36. The van der Waals surface area contributed by atoms with Crippen LogP contribution >= 0.6 is 0 Å². The fourth-order valence-electron chi connectivity index (χ4n) is 5.50. The molecule has 4 aromatic rings. The molecule has 0 spiro atoms. The molecule has 4 aromatic carbocycles. The van der Waals surface area contributed by atoms with E-state index in [0.29, 0.717) is 26.2 Å². The van der Waals surface area contributed by atoms with Crippen molar-refractivity contribution in [3.05, 3.63) is 132 Å². The molecule has 0 aliphatic carbocycles. The van der Waals surface area contributed by atoms with E-state index in [0.717, 1.165) is 22.5 Å². The van der Waals surface area contributed by atoms with E-state index in [-0.39, 0.29) is 17.8 Å². The van der Waals surface area contributed by atoms with E-state index in [2.05, 4.69) is 34.5 Å². The molecule has 0 bridgehead atoms. The highest BCUT2D eigenvalue weighted by molar-refractivity contribution is 6.04. The van der Waals surface area contributed by atoms with Crippen LogP contribution in [0.5, 0.6) is 0 Å². The Labute approximate surface area is 236 Å². The lowest BCUT2D eigenvalue weighted by molar-refractivity contribution is -0.147. The van der Waals surface area contributed by atoms with Crippen LogP contribution in [0.25, 0.3) is 0 Å². The molecule has 2 atom stereocenters. The number of rotatable bonds is 9. The molecule has 2 unspecified atom stereocenters. The van der Waals surface area contributed by atoms with Crippen molar-refractivity contribution >= 4 is 23.3 Å². The van der Waals surface area contributed by atoms with Crippen LogP contribution in [-0.4, -0.2) is 55.1 Å². The molecule has 6 heteroatoms. The summed E-state index contributed by atoms with van der Waals surface area (Å²) in [5.41, 5.74) is 3.67. The molecule has 1 amide bonds. The first-order valence-electron chi connectivity index (χ1n) is 13.9. The number of hydrogen-bond acceptors (Lipinski definition) is 5. The predicted octanol–water partition coefficient (Wildman–Crippen LogP) is 5.39. The van der Waals surface area contributed by atoms with E-state index in [1.165, 1.54) is 0 Å². The standard InChI is InChI=1S/C34H35N3O3/c1-2-40-34(39)30-25-36(24-23-35-30)32(31(26-15-7-3-8-16-26)27-17-9-4-10-18-27)33(38)37(28-19-11-5-12-20-28)29-21-13-6-14-22-29/h3-22,30-32,35H,2,23-25H2,1H3. The van der Waals surface area contributed by atoms with Crippen LogP contribution in [0.1, 0.15) is 24.0 Å². The zero-order valence-electron chi connectivity index (χ0n) is 22.7. The average Bonchev–Trinajstić information content (AvgIpc) is 3.02. The quantitative estimate of drug-likeness (QED) is 0.293. The Morgan fingerprint density at radius 1 is 0.800 bits per heavy atom. The topological polar surface area (TPSA) is 61.9 Å². The summed E-state index contributed by atoms with van der Waals surface area (Å²) in [5.74, 6) is -0.622. The Balaban J connectivity index is 1.66. The highest BCUT2D eigenvalue weighted by atomic mass is 16.5. The number of amides is 1. The van der Waals surface area contributed by atoms with Gasteiger partial charge in [0.25, 0.3) is 0 Å². The highest BCUT2D eigenvalue weighted by Crippen LogP contribution is 2.36. The third kappa shape index (κ3) is 6.14. The van der Waals surface area contributed by atoms with Crippen molar-refractivity contribution in [1.29, 1.82) is 0 Å². The van der Waals surface area contributed by atoms with Crippen molar-refractivity contribution in [2.45, 2.75) is 24.9 Å². The molecule has 0 radical (unpaired) electrons. The second kappa shape index (κ2) is 13.2. The molecule has 1 heterocycles. The molecule has 1 aliphatic rings. The zero-order valence-corrected chi connectivity index (χ0v) is 22.7.